The van der Waals surface area contributed by atoms with Crippen molar-refractivity contribution in [1.29, 1.82) is 0 Å². The van der Waals surface area contributed by atoms with Crippen molar-refractivity contribution in [2.24, 2.45) is 0 Å². The summed E-state index contributed by atoms with van der Waals surface area (Å²) in [6.07, 6.45) is -13.9. The molecular formula is C95H153N13O42. The summed E-state index contributed by atoms with van der Waals surface area (Å²) in [5.74, 6) is -6.05. The number of benzene rings is 1. The molecule has 4 aliphatic heterocycles. The van der Waals surface area contributed by atoms with Gasteiger partial charge < -0.3 is 208 Å². The molecule has 16 atom stereocenters. The molecule has 0 radical (unpaired) electrons. The number of nitrogens with zero attached hydrogens (tertiary/aromatic N) is 3. The molecule has 4 saturated heterocycles. The maximum atomic E-state index is 14.0. The van der Waals surface area contributed by atoms with Crippen molar-refractivity contribution < 1.29 is 203 Å². The highest BCUT2D eigenvalue weighted by Crippen LogP contribution is 2.31. The van der Waals surface area contributed by atoms with Crippen molar-refractivity contribution in [3.05, 3.63) is 59.9 Å². The fourth-order valence-corrected chi connectivity index (χ4v) is 15.4. The third-order valence-electron chi connectivity index (χ3n) is 23.0. The summed E-state index contributed by atoms with van der Waals surface area (Å²) in [4.78, 5) is 166. The Morgan fingerprint density at radius 1 is 0.407 bits per heavy atom. The third kappa shape index (κ3) is 48.0. The van der Waals surface area contributed by atoms with Gasteiger partial charge in [0.2, 0.25) is 53.2 Å². The van der Waals surface area contributed by atoms with Gasteiger partial charge in [-0.25, -0.2) is 4.98 Å². The number of hydrogen-bond donors (Lipinski definition) is 19. The van der Waals surface area contributed by atoms with Crippen molar-refractivity contribution in [2.45, 2.75) is 170 Å². The molecule has 19 N–H and O–H groups in total. The first-order chi connectivity index (χ1) is 72.5. The summed E-state index contributed by atoms with van der Waals surface area (Å²) in [5.41, 5.74) is -0.615. The average molecular weight is 2150 g/mol. The van der Waals surface area contributed by atoms with E-state index in [4.69, 9.17) is 99.5 Å². The quantitative estimate of drug-likeness (QED) is 0.0142. The van der Waals surface area contributed by atoms with E-state index in [2.05, 4.69) is 57.8 Å². The van der Waals surface area contributed by atoms with Gasteiger partial charge in [-0.2, -0.15) is 0 Å². The lowest BCUT2D eigenvalue weighted by Crippen LogP contribution is -2.64. The molecule has 0 spiro atoms. The minimum absolute atomic E-state index is 0.0230. The average Bonchev–Trinajstić information content (AvgIpc) is 1.64. The molecule has 55 nitrogen and oxygen atoms in total. The van der Waals surface area contributed by atoms with E-state index in [-0.39, 0.29) is 255 Å². The van der Waals surface area contributed by atoms with Gasteiger partial charge in [0.1, 0.15) is 96.6 Å². The molecule has 4 aliphatic rings. The molecule has 7 rings (SSSR count). The van der Waals surface area contributed by atoms with Gasteiger partial charge in [-0.1, -0.05) is 18.2 Å². The topological polar surface area (TPSA) is 724 Å². The molecule has 850 valence electrons. The minimum Gasteiger partial charge on any atom is -0.490 e. The summed E-state index contributed by atoms with van der Waals surface area (Å²) in [6, 6.07) is 6.68. The molecule has 0 bridgehead atoms. The van der Waals surface area contributed by atoms with E-state index in [0.717, 1.165) is 0 Å². The van der Waals surface area contributed by atoms with Crippen molar-refractivity contribution in [2.75, 3.05) is 284 Å². The standard InChI is InChI=1S/C95H153N13O42/c1-62-55-107(90(128)66-9-6-5-7-10-66)22-23-108(62)91(129)82(121)67-53-102-89-78(67)68(13-18-100-89)144-49-45-137-44-43-136-42-41-135-40-39-134-35-31-130-24-8-17-96-72(115)11-12-73(116)101-54-77(120)106-95(59-141-25-14-74(117)97-19-28-131-32-36-138-46-50-145-92-79(103-63(2)112)86(125)83(122)69(56-109)148-92,60-142-26-15-75(118)98-20-29-132-33-37-139-47-51-146-93-80(104-64(3)113)87(126)84(123)70(57-110)149-93)61-143-27-16-76(119)99-21-30-133-34-38-140-48-52-147-94-81(105-65(4)114)88(127)85(124)71(58-111)150-94/h5-7,9-10,13,18,53,62,69-71,79-81,83-88,92-94,109-111,122-127H,8,11-12,14-17,19-52,54-61H2,1-4H3,(H,96,115)(H,97,117)(H,98,118)(H,99,119)(H,100,102)(H,101,116)(H,103,112)(H,104,113)(H,105,114)(H,106,120)/t62-,69-,70-,71-,79-,80-,81-,83+,84+,85+,86-,87-,88-,92-,93-,94?/m1/s1. The summed E-state index contributed by atoms with van der Waals surface area (Å²) in [6.45, 7) is 5.70. The number of hydrogen-bond acceptors (Lipinski definition) is 43. The number of ether oxygens (including phenoxy) is 21. The van der Waals surface area contributed by atoms with Gasteiger partial charge in [-0.3, -0.25) is 57.5 Å². The molecule has 0 aliphatic carbocycles. The lowest BCUT2D eigenvalue weighted by Gasteiger charge is -2.42. The lowest BCUT2D eigenvalue weighted by molar-refractivity contribution is -0.272. The van der Waals surface area contributed by atoms with Gasteiger partial charge in [0.15, 0.2) is 18.9 Å². The Kier molecular flexibility index (Phi) is 62.5. The molecule has 4 fully saturated rings. The van der Waals surface area contributed by atoms with Crippen LogP contribution in [0.15, 0.2) is 48.8 Å². The number of H-pyrrole nitrogens is 1. The number of carbonyl (C=O) groups is 12. The molecule has 2 aromatic heterocycles. The van der Waals surface area contributed by atoms with Crippen LogP contribution in [0.5, 0.6) is 5.75 Å². The van der Waals surface area contributed by atoms with E-state index in [1.165, 1.54) is 38.1 Å². The number of ketones is 1. The van der Waals surface area contributed by atoms with E-state index in [0.29, 0.717) is 55.2 Å². The number of fused-ring (bicyclic) bond motifs is 1. The molecular weight excluding hydrogens is 2000 g/mol. The number of pyridine rings is 1. The third-order valence-corrected chi connectivity index (χ3v) is 23.0. The van der Waals surface area contributed by atoms with E-state index in [9.17, 15) is 103 Å². The van der Waals surface area contributed by atoms with E-state index in [1.54, 1.807) is 42.2 Å². The highest BCUT2D eigenvalue weighted by Gasteiger charge is 2.49. The van der Waals surface area contributed by atoms with Gasteiger partial charge in [-0.15, -0.1) is 0 Å². The van der Waals surface area contributed by atoms with Crippen LogP contribution in [0.25, 0.3) is 11.0 Å². The number of piperazine rings is 1. The largest absolute Gasteiger partial charge is 0.490 e. The van der Waals surface area contributed by atoms with Crippen LogP contribution in [0.4, 0.5) is 0 Å². The number of aromatic nitrogens is 2. The predicted molar refractivity (Wildman–Crippen MR) is 518 cm³/mol. The van der Waals surface area contributed by atoms with E-state index >= 15 is 0 Å². The number of aliphatic hydroxyl groups is 9. The van der Waals surface area contributed by atoms with Crippen LogP contribution in [-0.2, 0) is 143 Å². The van der Waals surface area contributed by atoms with E-state index in [1.807, 2.05) is 6.07 Å². The second-order valence-corrected chi connectivity index (χ2v) is 34.8. The fraction of sp³-hybridized carbons (Fsp3) is 0.737. The van der Waals surface area contributed by atoms with Gasteiger partial charge in [0, 0.05) is 129 Å². The second kappa shape index (κ2) is 73.6. The highest BCUT2D eigenvalue weighted by molar-refractivity contribution is 6.45. The number of aromatic amines is 1. The number of Topliss-reactive ketones (excluding diaryl/α,β-unsaturated/α-hetero) is 1. The van der Waals surface area contributed by atoms with Crippen LogP contribution >= 0.6 is 0 Å². The second-order valence-electron chi connectivity index (χ2n) is 34.8. The number of amides is 11. The van der Waals surface area contributed by atoms with Crippen molar-refractivity contribution in [3.8, 4) is 5.75 Å². The zero-order valence-corrected chi connectivity index (χ0v) is 85.3. The highest BCUT2D eigenvalue weighted by atomic mass is 16.7. The summed E-state index contributed by atoms with van der Waals surface area (Å²) in [5, 5.41) is 115. The zero-order valence-electron chi connectivity index (χ0n) is 85.3. The zero-order chi connectivity index (χ0) is 109. The Labute approximate surface area is 867 Å². The van der Waals surface area contributed by atoms with Gasteiger partial charge in [0.05, 0.1) is 236 Å². The Balaban J connectivity index is 0.803. The van der Waals surface area contributed by atoms with Crippen molar-refractivity contribution in [1.82, 2.24) is 67.6 Å². The molecule has 0 saturated carbocycles. The van der Waals surface area contributed by atoms with Crippen LogP contribution in [0, 0.1) is 0 Å². The Morgan fingerprint density at radius 3 is 1.15 bits per heavy atom. The maximum absolute atomic E-state index is 14.0. The number of carbonyl (C=O) groups excluding carboxylic acids is 12. The number of nitrogens with one attached hydrogen (secondary N) is 10. The summed E-state index contributed by atoms with van der Waals surface area (Å²) >= 11 is 0. The SMILES string of the molecule is CC(=O)N[C@H]1[C@H](OCCOCCOCCNC(=O)CCOCC(COCCC(=O)NCCOCCOCCOC2O[C@H](CO)[C@H](O)[C@H](O)[C@H]2NC(C)=O)(COCCC(=O)NCCOCCOCCO[C@@H]2O[C@H](CO)[C@H](O)[C@H](O)[C@H]2NC(C)=O)NC(=O)CNC(=O)CCC(=O)NCCCOCCOCCOCCOCCOCCOc2ccnc3[nH]cc(C(=O)C(=O)N4CCN(C(=O)c5ccccc5)C[C@H]4C)c23)O[C@H](CO)[C@H](O)[C@@H]1O. The summed E-state index contributed by atoms with van der Waals surface area (Å²) in [7, 11) is 0. The minimum atomic E-state index is -1.65. The first kappa shape index (κ1) is 127. The van der Waals surface area contributed by atoms with Crippen LogP contribution in [0.3, 0.4) is 0 Å². The molecule has 1 unspecified atom stereocenters. The van der Waals surface area contributed by atoms with Crippen LogP contribution < -0.4 is 52.6 Å². The maximum Gasteiger partial charge on any atom is 0.295 e. The van der Waals surface area contributed by atoms with Crippen molar-refractivity contribution >= 4 is 81.8 Å². The van der Waals surface area contributed by atoms with Crippen LogP contribution in [0.1, 0.15) is 86.9 Å². The first-order valence-electron chi connectivity index (χ1n) is 50.0. The number of aliphatic hydroxyl groups excluding tert-OH is 9. The fourth-order valence-electron chi connectivity index (χ4n) is 15.4. The molecule has 1 aromatic carbocycles. The van der Waals surface area contributed by atoms with E-state index < -0.39 is 215 Å². The Morgan fingerprint density at radius 2 is 0.767 bits per heavy atom. The predicted octanol–water partition coefficient (Wildman–Crippen LogP) is -8.61. The van der Waals surface area contributed by atoms with Gasteiger partial charge >= 0.3 is 0 Å². The molecule has 3 aromatic rings. The Bertz CT molecular complexity index is 4200. The van der Waals surface area contributed by atoms with Gasteiger partial charge in [-0.05, 0) is 31.5 Å². The number of rotatable bonds is 80. The normalized spacial score (nSPS) is 21.8. The Hall–Kier alpha value is -9.61. The summed E-state index contributed by atoms with van der Waals surface area (Å²) < 4.78 is 119. The molecule has 6 heterocycles. The molecule has 150 heavy (non-hydrogen) atoms. The lowest BCUT2D eigenvalue weighted by atomic mass is 9.97. The molecule has 55 heteroatoms. The smallest absolute Gasteiger partial charge is 0.295 e. The van der Waals surface area contributed by atoms with Crippen LogP contribution in [0.2, 0.25) is 0 Å². The monoisotopic (exact) mass is 2150 g/mol. The first-order valence-corrected chi connectivity index (χ1v) is 50.0. The van der Waals surface area contributed by atoms with Crippen LogP contribution in [-0.4, -0.2) is 524 Å². The molecule has 11 amide bonds. The van der Waals surface area contributed by atoms with Gasteiger partial charge in [0.25, 0.3) is 17.6 Å². The van der Waals surface area contributed by atoms with Crippen molar-refractivity contribution in [3.63, 3.8) is 0 Å².